The van der Waals surface area contributed by atoms with Gasteiger partial charge in [0.1, 0.15) is 18.3 Å². The average Bonchev–Trinajstić information content (AvgIpc) is 2.96. The molecule has 0 heterocycles. The highest BCUT2D eigenvalue weighted by Crippen LogP contribution is 2.27. The zero-order valence-electron chi connectivity index (χ0n) is 24.0. The third-order valence-corrected chi connectivity index (χ3v) is 8.71. The lowest BCUT2D eigenvalue weighted by Gasteiger charge is -2.33. The Balaban J connectivity index is 2.04. The number of nitrogens with one attached hydrogen (secondary N) is 1. The van der Waals surface area contributed by atoms with Crippen LogP contribution in [0.15, 0.2) is 77.7 Å². The molecule has 3 aromatic carbocycles. The summed E-state index contributed by atoms with van der Waals surface area (Å²) in [5.41, 5.74) is 1.89. The summed E-state index contributed by atoms with van der Waals surface area (Å²) in [6.45, 7) is 5.77. The number of nitrogens with zero attached hydrogens (tertiary/aromatic N) is 2. The van der Waals surface area contributed by atoms with Gasteiger partial charge in [-0.05, 0) is 67.8 Å². The Hall–Kier alpha value is -3.56. The van der Waals surface area contributed by atoms with Gasteiger partial charge in [0, 0.05) is 18.1 Å². The first-order valence-corrected chi connectivity index (χ1v) is 15.5. The van der Waals surface area contributed by atoms with Gasteiger partial charge in [-0.15, -0.1) is 0 Å². The van der Waals surface area contributed by atoms with Crippen LogP contribution >= 0.6 is 11.6 Å². The van der Waals surface area contributed by atoms with Crippen molar-refractivity contribution in [2.75, 3.05) is 24.5 Å². The molecule has 0 aromatic heterocycles. The number of amides is 2. The zero-order chi connectivity index (χ0) is 30.0. The van der Waals surface area contributed by atoms with E-state index in [4.69, 9.17) is 16.3 Å². The molecular weight excluding hydrogens is 562 g/mol. The standard InChI is InChI=1S/C31H38ClN3O5S/c1-5-7-18-33-31(37)29(6-2)34(21-24-10-8-13-27(19-24)40-4)30(36)22-35(26-12-9-11-25(32)20-26)41(38,39)28-16-14-23(3)15-17-28/h8-17,19-20,29H,5-7,18,21-22H2,1-4H3,(H,33,37)/t29-/m0/s1. The second kappa shape index (κ2) is 14.9. The van der Waals surface area contributed by atoms with Crippen LogP contribution in [0.2, 0.25) is 5.02 Å². The van der Waals surface area contributed by atoms with Crippen molar-refractivity contribution in [3.63, 3.8) is 0 Å². The highest BCUT2D eigenvalue weighted by Gasteiger charge is 2.33. The zero-order valence-corrected chi connectivity index (χ0v) is 25.5. The van der Waals surface area contributed by atoms with Gasteiger partial charge in [-0.25, -0.2) is 8.42 Å². The molecule has 220 valence electrons. The summed E-state index contributed by atoms with van der Waals surface area (Å²) in [4.78, 5) is 28.9. The van der Waals surface area contributed by atoms with Crippen molar-refractivity contribution < 1.29 is 22.7 Å². The number of anilines is 1. The van der Waals surface area contributed by atoms with Crippen LogP contribution in [0.1, 0.15) is 44.2 Å². The number of carbonyl (C=O) groups excluding carboxylic acids is 2. The highest BCUT2D eigenvalue weighted by molar-refractivity contribution is 7.92. The SMILES string of the molecule is CCCCNC(=O)[C@H](CC)N(Cc1cccc(OC)c1)C(=O)CN(c1cccc(Cl)c1)S(=O)(=O)c1ccc(C)cc1. The number of aryl methyl sites for hydroxylation is 1. The lowest BCUT2D eigenvalue weighted by atomic mass is 10.1. The first kappa shape index (κ1) is 32.0. The van der Waals surface area contributed by atoms with Crippen molar-refractivity contribution in [3.8, 4) is 5.75 Å². The van der Waals surface area contributed by atoms with Crippen LogP contribution in [0.3, 0.4) is 0 Å². The van der Waals surface area contributed by atoms with E-state index in [1.807, 2.05) is 26.8 Å². The number of hydrogen-bond donors (Lipinski definition) is 1. The van der Waals surface area contributed by atoms with Crippen molar-refractivity contribution in [3.05, 3.63) is 88.9 Å². The van der Waals surface area contributed by atoms with E-state index in [-0.39, 0.29) is 23.0 Å². The molecule has 0 saturated carbocycles. The normalized spacial score (nSPS) is 11.9. The molecule has 0 aliphatic carbocycles. The highest BCUT2D eigenvalue weighted by atomic mass is 35.5. The molecule has 0 radical (unpaired) electrons. The summed E-state index contributed by atoms with van der Waals surface area (Å²) in [6.07, 6.45) is 2.06. The molecule has 2 amide bonds. The summed E-state index contributed by atoms with van der Waals surface area (Å²) in [5, 5.41) is 3.25. The Kier molecular flexibility index (Phi) is 11.6. The number of halogens is 1. The van der Waals surface area contributed by atoms with E-state index < -0.39 is 28.5 Å². The summed E-state index contributed by atoms with van der Waals surface area (Å²) < 4.78 is 34.2. The summed E-state index contributed by atoms with van der Waals surface area (Å²) in [5.74, 6) is -0.202. The molecule has 0 spiro atoms. The summed E-state index contributed by atoms with van der Waals surface area (Å²) in [7, 11) is -2.61. The minimum atomic E-state index is -4.16. The molecular formula is C31H38ClN3O5S. The van der Waals surface area contributed by atoms with E-state index >= 15 is 0 Å². The van der Waals surface area contributed by atoms with E-state index in [2.05, 4.69) is 5.32 Å². The predicted molar refractivity (Wildman–Crippen MR) is 163 cm³/mol. The van der Waals surface area contributed by atoms with Gasteiger partial charge in [-0.2, -0.15) is 0 Å². The molecule has 0 bridgehead atoms. The van der Waals surface area contributed by atoms with Crippen LogP contribution in [-0.4, -0.2) is 51.4 Å². The number of benzene rings is 3. The van der Waals surface area contributed by atoms with Gasteiger partial charge in [0.05, 0.1) is 17.7 Å². The van der Waals surface area contributed by atoms with Crippen LogP contribution in [-0.2, 0) is 26.2 Å². The molecule has 1 atom stereocenters. The van der Waals surface area contributed by atoms with Gasteiger partial charge in [0.2, 0.25) is 11.8 Å². The smallest absolute Gasteiger partial charge is 0.264 e. The Morgan fingerprint density at radius 1 is 1.00 bits per heavy atom. The molecule has 0 fully saturated rings. The Labute approximate surface area is 248 Å². The second-order valence-electron chi connectivity index (χ2n) is 9.75. The topological polar surface area (TPSA) is 96.0 Å². The maximum Gasteiger partial charge on any atom is 0.264 e. The monoisotopic (exact) mass is 599 g/mol. The quantitative estimate of drug-likeness (QED) is 0.244. The van der Waals surface area contributed by atoms with Gasteiger partial charge >= 0.3 is 0 Å². The number of ether oxygens (including phenoxy) is 1. The number of methoxy groups -OCH3 is 1. The van der Waals surface area contributed by atoms with Crippen LogP contribution < -0.4 is 14.4 Å². The fourth-order valence-electron chi connectivity index (χ4n) is 4.39. The Morgan fingerprint density at radius 2 is 1.71 bits per heavy atom. The average molecular weight is 600 g/mol. The number of unbranched alkanes of at least 4 members (excludes halogenated alkanes) is 1. The Morgan fingerprint density at radius 3 is 2.34 bits per heavy atom. The minimum absolute atomic E-state index is 0.0413. The molecule has 3 aromatic rings. The molecule has 0 saturated heterocycles. The molecule has 41 heavy (non-hydrogen) atoms. The van der Waals surface area contributed by atoms with Gasteiger partial charge < -0.3 is 15.0 Å². The molecule has 10 heteroatoms. The second-order valence-corrected chi connectivity index (χ2v) is 12.0. The van der Waals surface area contributed by atoms with E-state index in [1.54, 1.807) is 55.6 Å². The molecule has 0 aliphatic heterocycles. The van der Waals surface area contributed by atoms with Gasteiger partial charge in [-0.3, -0.25) is 13.9 Å². The van der Waals surface area contributed by atoms with Crippen molar-refractivity contribution in [2.24, 2.45) is 0 Å². The van der Waals surface area contributed by atoms with E-state index in [0.29, 0.717) is 23.7 Å². The third-order valence-electron chi connectivity index (χ3n) is 6.69. The van der Waals surface area contributed by atoms with Crippen LogP contribution in [0.5, 0.6) is 5.75 Å². The van der Waals surface area contributed by atoms with Crippen LogP contribution in [0.4, 0.5) is 5.69 Å². The molecule has 8 nitrogen and oxygen atoms in total. The largest absolute Gasteiger partial charge is 0.497 e. The molecule has 0 unspecified atom stereocenters. The molecule has 1 N–H and O–H groups in total. The summed E-state index contributed by atoms with van der Waals surface area (Å²) in [6, 6.07) is 19.2. The number of hydrogen-bond acceptors (Lipinski definition) is 5. The Bertz CT molecular complexity index is 1430. The third kappa shape index (κ3) is 8.47. The van der Waals surface area contributed by atoms with E-state index in [1.165, 1.54) is 23.1 Å². The van der Waals surface area contributed by atoms with Gasteiger partial charge in [-0.1, -0.05) is 67.8 Å². The van der Waals surface area contributed by atoms with Crippen molar-refractivity contribution >= 4 is 39.1 Å². The number of rotatable bonds is 14. The minimum Gasteiger partial charge on any atom is -0.497 e. The van der Waals surface area contributed by atoms with Crippen molar-refractivity contribution in [1.29, 1.82) is 0 Å². The fraction of sp³-hybridized carbons (Fsp3) is 0.355. The number of carbonyl (C=O) groups is 2. The van der Waals surface area contributed by atoms with E-state index in [9.17, 15) is 18.0 Å². The lowest BCUT2D eigenvalue weighted by Crippen LogP contribution is -2.52. The maximum atomic E-state index is 14.1. The fourth-order valence-corrected chi connectivity index (χ4v) is 5.98. The molecule has 3 rings (SSSR count). The first-order valence-electron chi connectivity index (χ1n) is 13.7. The summed E-state index contributed by atoms with van der Waals surface area (Å²) >= 11 is 6.23. The van der Waals surface area contributed by atoms with Crippen LogP contribution in [0.25, 0.3) is 0 Å². The first-order chi connectivity index (χ1) is 19.6. The predicted octanol–water partition coefficient (Wildman–Crippen LogP) is 5.58. The lowest BCUT2D eigenvalue weighted by molar-refractivity contribution is -0.140. The van der Waals surface area contributed by atoms with Crippen LogP contribution in [0, 0.1) is 6.92 Å². The molecule has 0 aliphatic rings. The maximum absolute atomic E-state index is 14.1. The number of sulfonamides is 1. The van der Waals surface area contributed by atoms with Gasteiger partial charge in [0.15, 0.2) is 0 Å². The van der Waals surface area contributed by atoms with E-state index in [0.717, 1.165) is 28.3 Å². The van der Waals surface area contributed by atoms with Crippen molar-refractivity contribution in [2.45, 2.75) is 57.5 Å². The van der Waals surface area contributed by atoms with Crippen molar-refractivity contribution in [1.82, 2.24) is 10.2 Å². The van der Waals surface area contributed by atoms with Gasteiger partial charge in [0.25, 0.3) is 10.0 Å².